The minimum atomic E-state index is -1.00. The number of benzene rings is 1. The first-order chi connectivity index (χ1) is 12.6. The summed E-state index contributed by atoms with van der Waals surface area (Å²) in [6.07, 6.45) is 7.61. The molecule has 2 aromatic rings. The van der Waals surface area contributed by atoms with E-state index < -0.39 is 5.97 Å². The zero-order valence-corrected chi connectivity index (χ0v) is 15.9. The van der Waals surface area contributed by atoms with Crippen molar-refractivity contribution in [3.05, 3.63) is 40.8 Å². The molecular weight excluding hydrogens is 346 g/mol. The smallest absolute Gasteiger partial charge is 0.339 e. The third-order valence-electron chi connectivity index (χ3n) is 5.12. The second-order valence-corrected chi connectivity index (χ2v) is 8.22. The highest BCUT2D eigenvalue weighted by Gasteiger charge is 2.24. The van der Waals surface area contributed by atoms with E-state index in [-0.39, 0.29) is 11.5 Å². The Morgan fingerprint density at radius 1 is 1.15 bits per heavy atom. The normalized spacial score (nSPS) is 15.0. The van der Waals surface area contributed by atoms with E-state index >= 15 is 0 Å². The summed E-state index contributed by atoms with van der Waals surface area (Å²) >= 11 is 1.34. The van der Waals surface area contributed by atoms with Crippen molar-refractivity contribution in [2.24, 2.45) is 5.92 Å². The van der Waals surface area contributed by atoms with Crippen molar-refractivity contribution in [3.63, 3.8) is 0 Å². The van der Waals surface area contributed by atoms with E-state index in [4.69, 9.17) is 0 Å². The fourth-order valence-corrected chi connectivity index (χ4v) is 4.87. The summed E-state index contributed by atoms with van der Waals surface area (Å²) in [7, 11) is 0. The Balaban J connectivity index is 1.75. The number of anilines is 1. The highest BCUT2D eigenvalue weighted by molar-refractivity contribution is 7.17. The molecule has 3 rings (SSSR count). The van der Waals surface area contributed by atoms with Crippen molar-refractivity contribution in [3.8, 4) is 11.1 Å². The van der Waals surface area contributed by atoms with Crippen LogP contribution in [0.5, 0.6) is 0 Å². The van der Waals surface area contributed by atoms with Crippen LogP contribution in [-0.2, 0) is 4.79 Å². The number of carbonyl (C=O) groups is 2. The Morgan fingerprint density at radius 2 is 1.85 bits per heavy atom. The van der Waals surface area contributed by atoms with Crippen LogP contribution in [0.4, 0.5) is 5.00 Å². The molecule has 4 nitrogen and oxygen atoms in total. The highest BCUT2D eigenvalue weighted by atomic mass is 32.1. The first-order valence-electron chi connectivity index (χ1n) is 9.28. The molecular formula is C21H25NO3S. The van der Waals surface area contributed by atoms with Gasteiger partial charge in [-0.1, -0.05) is 62.4 Å². The topological polar surface area (TPSA) is 66.4 Å². The molecule has 0 aliphatic heterocycles. The van der Waals surface area contributed by atoms with Crippen molar-refractivity contribution >= 4 is 28.2 Å². The predicted octanol–water partition coefficient (Wildman–Crippen LogP) is 5.72. The number of carbonyl (C=O) groups excluding carboxylic acids is 1. The predicted molar refractivity (Wildman–Crippen MR) is 106 cm³/mol. The summed E-state index contributed by atoms with van der Waals surface area (Å²) in [5.74, 6) is -0.451. The minimum absolute atomic E-state index is 0.0843. The van der Waals surface area contributed by atoms with Crippen LogP contribution >= 0.6 is 11.3 Å². The first kappa shape index (κ1) is 18.6. The van der Waals surface area contributed by atoms with E-state index in [9.17, 15) is 14.7 Å². The largest absolute Gasteiger partial charge is 0.478 e. The molecule has 26 heavy (non-hydrogen) atoms. The molecule has 0 unspecified atom stereocenters. The molecule has 5 heteroatoms. The minimum Gasteiger partial charge on any atom is -0.478 e. The van der Waals surface area contributed by atoms with Gasteiger partial charge in [0.05, 0.1) is 0 Å². The Hall–Kier alpha value is -2.14. The summed E-state index contributed by atoms with van der Waals surface area (Å²) in [5.41, 5.74) is 1.76. The Labute approximate surface area is 158 Å². The van der Waals surface area contributed by atoms with Crippen LogP contribution in [0.3, 0.4) is 0 Å². The SMILES string of the molecule is Cc1sc(NC(=O)CCC2CCCCC2)c(C(=O)O)c1-c1ccccc1. The standard InChI is InChI=1S/C21H25NO3S/c1-14-18(16-10-6-3-7-11-16)19(21(24)25)20(26-14)22-17(23)13-12-15-8-4-2-5-9-15/h3,6-7,10-11,15H,2,4-5,8-9,12-13H2,1H3,(H,22,23)(H,24,25). The van der Waals surface area contributed by atoms with Gasteiger partial charge in [0.25, 0.3) is 0 Å². The van der Waals surface area contributed by atoms with Gasteiger partial charge in [-0.05, 0) is 24.8 Å². The van der Waals surface area contributed by atoms with Gasteiger partial charge in [-0.25, -0.2) is 4.79 Å². The van der Waals surface area contributed by atoms with E-state index in [1.165, 1.54) is 43.4 Å². The number of amides is 1. The number of aryl methyl sites for hydroxylation is 1. The summed E-state index contributed by atoms with van der Waals surface area (Å²) < 4.78 is 0. The van der Waals surface area contributed by atoms with Crippen LogP contribution in [0.1, 0.15) is 60.2 Å². The molecule has 2 N–H and O–H groups in total. The van der Waals surface area contributed by atoms with Crippen LogP contribution in [0, 0.1) is 12.8 Å². The van der Waals surface area contributed by atoms with Gasteiger partial charge in [0.15, 0.2) is 0 Å². The lowest BCUT2D eigenvalue weighted by molar-refractivity contribution is -0.116. The van der Waals surface area contributed by atoms with Gasteiger partial charge in [0, 0.05) is 16.9 Å². The molecule has 1 aromatic heterocycles. The highest BCUT2D eigenvalue weighted by Crippen LogP contribution is 2.40. The third-order valence-corrected chi connectivity index (χ3v) is 6.14. The Morgan fingerprint density at radius 3 is 2.50 bits per heavy atom. The molecule has 0 spiro atoms. The maximum absolute atomic E-state index is 12.4. The van der Waals surface area contributed by atoms with Gasteiger partial charge < -0.3 is 10.4 Å². The van der Waals surface area contributed by atoms with Crippen molar-refractivity contribution in [2.45, 2.75) is 51.9 Å². The van der Waals surface area contributed by atoms with Gasteiger partial charge in [-0.15, -0.1) is 11.3 Å². The first-order valence-corrected chi connectivity index (χ1v) is 10.1. The van der Waals surface area contributed by atoms with Crippen LogP contribution in [0.25, 0.3) is 11.1 Å². The molecule has 1 amide bonds. The molecule has 1 aliphatic carbocycles. The molecule has 1 aromatic carbocycles. The Bertz CT molecular complexity index is 776. The van der Waals surface area contributed by atoms with Gasteiger partial charge >= 0.3 is 5.97 Å². The van der Waals surface area contributed by atoms with Crippen LogP contribution in [-0.4, -0.2) is 17.0 Å². The maximum atomic E-state index is 12.4. The number of hydrogen-bond acceptors (Lipinski definition) is 3. The molecule has 1 aliphatic rings. The van der Waals surface area contributed by atoms with Crippen LogP contribution in [0.15, 0.2) is 30.3 Å². The van der Waals surface area contributed by atoms with Crippen LogP contribution in [0.2, 0.25) is 0 Å². The number of hydrogen-bond donors (Lipinski definition) is 2. The zero-order chi connectivity index (χ0) is 18.5. The fourth-order valence-electron chi connectivity index (χ4n) is 3.79. The average molecular weight is 372 g/mol. The molecule has 138 valence electrons. The lowest BCUT2D eigenvalue weighted by Crippen LogP contribution is -2.15. The molecule has 0 radical (unpaired) electrons. The maximum Gasteiger partial charge on any atom is 0.339 e. The molecule has 1 heterocycles. The third kappa shape index (κ3) is 4.33. The number of carboxylic acids is 1. The number of carboxylic acid groups (broad SMARTS) is 1. The van der Waals surface area contributed by atoms with Gasteiger partial charge in [-0.2, -0.15) is 0 Å². The molecule has 1 fully saturated rings. The molecule has 0 saturated heterocycles. The lowest BCUT2D eigenvalue weighted by atomic mass is 9.86. The second kappa shape index (κ2) is 8.49. The van der Waals surface area contributed by atoms with Crippen molar-refractivity contribution < 1.29 is 14.7 Å². The molecule has 0 bridgehead atoms. The number of nitrogens with one attached hydrogen (secondary N) is 1. The van der Waals surface area contributed by atoms with E-state index in [0.717, 1.165) is 16.9 Å². The lowest BCUT2D eigenvalue weighted by Gasteiger charge is -2.20. The average Bonchev–Trinajstić information content (AvgIpc) is 2.97. The number of thiophene rings is 1. The van der Waals surface area contributed by atoms with E-state index in [0.29, 0.717) is 22.9 Å². The van der Waals surface area contributed by atoms with Crippen LogP contribution < -0.4 is 5.32 Å². The molecule has 0 atom stereocenters. The summed E-state index contributed by atoms with van der Waals surface area (Å²) in [6.45, 7) is 1.90. The fraction of sp³-hybridized carbons (Fsp3) is 0.429. The van der Waals surface area contributed by atoms with Gasteiger partial charge in [0.2, 0.25) is 5.91 Å². The second-order valence-electron chi connectivity index (χ2n) is 7.00. The summed E-state index contributed by atoms with van der Waals surface area (Å²) in [6, 6.07) is 9.48. The van der Waals surface area contributed by atoms with Crippen molar-refractivity contribution in [1.29, 1.82) is 0 Å². The summed E-state index contributed by atoms with van der Waals surface area (Å²) in [5, 5.41) is 13.0. The van der Waals surface area contributed by atoms with Crippen molar-refractivity contribution in [2.75, 3.05) is 5.32 Å². The van der Waals surface area contributed by atoms with Gasteiger partial charge in [-0.3, -0.25) is 4.79 Å². The molecule has 1 saturated carbocycles. The van der Waals surface area contributed by atoms with E-state index in [2.05, 4.69) is 5.32 Å². The zero-order valence-electron chi connectivity index (χ0n) is 15.1. The quantitative estimate of drug-likeness (QED) is 0.682. The monoisotopic (exact) mass is 371 g/mol. The number of aromatic carboxylic acids is 1. The summed E-state index contributed by atoms with van der Waals surface area (Å²) in [4.78, 5) is 25.2. The number of rotatable bonds is 6. The van der Waals surface area contributed by atoms with Crippen molar-refractivity contribution in [1.82, 2.24) is 0 Å². The van der Waals surface area contributed by atoms with Gasteiger partial charge in [0.1, 0.15) is 10.6 Å². The Kier molecular flexibility index (Phi) is 6.09. The van der Waals surface area contributed by atoms with E-state index in [1.54, 1.807) is 0 Å². The van der Waals surface area contributed by atoms with E-state index in [1.807, 2.05) is 37.3 Å².